The quantitative estimate of drug-likeness (QED) is 0.764. The number of thiophene rings is 1. The number of furan rings is 1. The summed E-state index contributed by atoms with van der Waals surface area (Å²) in [4.78, 5) is 8.12. The van der Waals surface area contributed by atoms with Crippen molar-refractivity contribution in [1.29, 1.82) is 0 Å². The highest BCUT2D eigenvalue weighted by Crippen LogP contribution is 2.45. The number of piperidine rings is 1. The van der Waals surface area contributed by atoms with Crippen molar-refractivity contribution in [2.75, 3.05) is 39.9 Å². The minimum atomic E-state index is 0.407. The summed E-state index contributed by atoms with van der Waals surface area (Å²) in [6.45, 7) is 9.80. The Balaban J connectivity index is 1.38. The predicted molar refractivity (Wildman–Crippen MR) is 105 cm³/mol. The highest BCUT2D eigenvalue weighted by molar-refractivity contribution is 7.11. The minimum Gasteiger partial charge on any atom is -0.468 e. The summed E-state index contributed by atoms with van der Waals surface area (Å²) < 4.78 is 11.2. The average molecular weight is 375 g/mol. The Morgan fingerprint density at radius 3 is 2.69 bits per heavy atom. The van der Waals surface area contributed by atoms with Crippen molar-refractivity contribution in [3.8, 4) is 0 Å². The second-order valence-corrected chi connectivity index (χ2v) is 9.42. The molecule has 1 atom stereocenters. The summed E-state index contributed by atoms with van der Waals surface area (Å²) in [5.41, 5.74) is 0.407. The number of methoxy groups -OCH3 is 1. The summed E-state index contributed by atoms with van der Waals surface area (Å²) in [5.74, 6) is 1.71. The molecule has 2 aromatic rings. The molecule has 0 aliphatic carbocycles. The van der Waals surface area contributed by atoms with Gasteiger partial charge in [-0.05, 0) is 62.5 Å². The standard InChI is InChI=1S/C21H30N2O2S/c1-17-5-6-20(26-17)14-22-9-7-21(8-10-22)16-23(12-18(21)15-24-2)13-19-4-3-11-25-19/h3-6,11,18H,7-10,12-16H2,1-2H3/t18-/m1/s1. The fraction of sp³-hybridized carbons (Fsp3) is 0.619. The van der Waals surface area contributed by atoms with Gasteiger partial charge in [-0.15, -0.1) is 11.3 Å². The van der Waals surface area contributed by atoms with Crippen LogP contribution in [0.1, 0.15) is 28.4 Å². The highest BCUT2D eigenvalue weighted by atomic mass is 32.1. The van der Waals surface area contributed by atoms with Crippen LogP contribution in [0, 0.1) is 18.3 Å². The molecule has 26 heavy (non-hydrogen) atoms. The molecule has 2 aliphatic heterocycles. The number of likely N-dealkylation sites (tertiary alicyclic amines) is 2. The third-order valence-electron chi connectivity index (χ3n) is 6.24. The van der Waals surface area contributed by atoms with Crippen molar-refractivity contribution in [2.24, 2.45) is 11.3 Å². The van der Waals surface area contributed by atoms with E-state index >= 15 is 0 Å². The molecule has 0 saturated carbocycles. The molecule has 0 unspecified atom stereocenters. The maximum Gasteiger partial charge on any atom is 0.117 e. The maximum atomic E-state index is 5.60. The second-order valence-electron chi connectivity index (χ2n) is 8.05. The first-order chi connectivity index (χ1) is 12.7. The van der Waals surface area contributed by atoms with Gasteiger partial charge >= 0.3 is 0 Å². The number of hydrogen-bond donors (Lipinski definition) is 0. The highest BCUT2D eigenvalue weighted by Gasteiger charge is 2.47. The average Bonchev–Trinajstić information content (AvgIpc) is 3.34. The van der Waals surface area contributed by atoms with Crippen molar-refractivity contribution in [2.45, 2.75) is 32.9 Å². The van der Waals surface area contributed by atoms with Crippen molar-refractivity contribution >= 4 is 11.3 Å². The first-order valence-corrected chi connectivity index (χ1v) is 10.5. The van der Waals surface area contributed by atoms with Gasteiger partial charge in [-0.1, -0.05) is 0 Å². The first kappa shape index (κ1) is 18.2. The Morgan fingerprint density at radius 1 is 1.19 bits per heavy atom. The molecule has 142 valence electrons. The van der Waals surface area contributed by atoms with Crippen LogP contribution in [0.5, 0.6) is 0 Å². The molecule has 2 saturated heterocycles. The van der Waals surface area contributed by atoms with E-state index < -0.39 is 0 Å². The Kier molecular flexibility index (Phi) is 5.50. The van der Waals surface area contributed by atoms with E-state index in [9.17, 15) is 0 Å². The summed E-state index contributed by atoms with van der Waals surface area (Å²) >= 11 is 1.94. The molecule has 2 fully saturated rings. The number of nitrogens with zero attached hydrogens (tertiary/aromatic N) is 2. The smallest absolute Gasteiger partial charge is 0.117 e. The number of aryl methyl sites for hydroxylation is 1. The molecule has 0 bridgehead atoms. The molecule has 5 heteroatoms. The van der Waals surface area contributed by atoms with Gasteiger partial charge in [0.1, 0.15) is 5.76 Å². The number of hydrogen-bond acceptors (Lipinski definition) is 5. The molecule has 0 radical (unpaired) electrons. The second kappa shape index (κ2) is 7.85. The number of rotatable bonds is 6. The fourth-order valence-electron chi connectivity index (χ4n) is 4.83. The van der Waals surface area contributed by atoms with Crippen LogP contribution in [0.2, 0.25) is 0 Å². The van der Waals surface area contributed by atoms with E-state index in [0.717, 1.165) is 32.0 Å². The van der Waals surface area contributed by atoms with E-state index in [1.165, 1.54) is 42.2 Å². The van der Waals surface area contributed by atoms with E-state index in [0.29, 0.717) is 11.3 Å². The van der Waals surface area contributed by atoms with E-state index in [1.807, 2.05) is 24.5 Å². The molecule has 2 aliphatic rings. The van der Waals surface area contributed by atoms with Crippen LogP contribution >= 0.6 is 11.3 Å². The van der Waals surface area contributed by atoms with Gasteiger partial charge in [0.05, 0.1) is 19.4 Å². The van der Waals surface area contributed by atoms with Gasteiger partial charge in [0.2, 0.25) is 0 Å². The first-order valence-electron chi connectivity index (χ1n) is 9.68. The molecule has 0 aromatic carbocycles. The van der Waals surface area contributed by atoms with Crippen LogP contribution in [0.15, 0.2) is 34.9 Å². The Bertz CT molecular complexity index is 689. The van der Waals surface area contributed by atoms with Crippen LogP contribution in [0.4, 0.5) is 0 Å². The van der Waals surface area contributed by atoms with Crippen LogP contribution in [0.3, 0.4) is 0 Å². The molecule has 4 rings (SSSR count). The van der Waals surface area contributed by atoms with Crippen LogP contribution in [-0.2, 0) is 17.8 Å². The van der Waals surface area contributed by atoms with E-state index in [-0.39, 0.29) is 0 Å². The van der Waals surface area contributed by atoms with E-state index in [1.54, 1.807) is 6.26 Å². The zero-order valence-corrected chi connectivity index (χ0v) is 16.8. The van der Waals surface area contributed by atoms with Gasteiger partial charge in [0, 0.05) is 42.4 Å². The molecule has 4 heterocycles. The van der Waals surface area contributed by atoms with Crippen LogP contribution < -0.4 is 0 Å². The Labute approximate surface area is 160 Å². The van der Waals surface area contributed by atoms with Gasteiger partial charge in [-0.2, -0.15) is 0 Å². The third-order valence-corrected chi connectivity index (χ3v) is 7.22. The van der Waals surface area contributed by atoms with Crippen molar-refractivity contribution in [3.63, 3.8) is 0 Å². The molecule has 0 N–H and O–H groups in total. The summed E-state index contributed by atoms with van der Waals surface area (Å²) in [5, 5.41) is 0. The van der Waals surface area contributed by atoms with Crippen molar-refractivity contribution in [1.82, 2.24) is 9.80 Å². The summed E-state index contributed by atoms with van der Waals surface area (Å²) in [6, 6.07) is 8.60. The van der Waals surface area contributed by atoms with E-state index in [4.69, 9.17) is 9.15 Å². The van der Waals surface area contributed by atoms with Gasteiger partial charge in [0.15, 0.2) is 0 Å². The largest absolute Gasteiger partial charge is 0.468 e. The minimum absolute atomic E-state index is 0.407. The zero-order valence-electron chi connectivity index (χ0n) is 15.9. The lowest BCUT2D eigenvalue weighted by Gasteiger charge is -2.42. The normalized spacial score (nSPS) is 23.8. The molecule has 0 amide bonds. The molecule has 1 spiro atoms. The molecular formula is C21H30N2O2S. The summed E-state index contributed by atoms with van der Waals surface area (Å²) in [7, 11) is 1.84. The Morgan fingerprint density at radius 2 is 2.04 bits per heavy atom. The zero-order chi connectivity index (χ0) is 18.0. The van der Waals surface area contributed by atoms with Gasteiger partial charge in [-0.3, -0.25) is 9.80 Å². The predicted octanol–water partition coefficient (Wildman–Crippen LogP) is 4.01. The van der Waals surface area contributed by atoms with Crippen molar-refractivity contribution < 1.29 is 9.15 Å². The van der Waals surface area contributed by atoms with Gasteiger partial charge < -0.3 is 9.15 Å². The topological polar surface area (TPSA) is 28.9 Å². The molecule has 4 nitrogen and oxygen atoms in total. The lowest BCUT2D eigenvalue weighted by Crippen LogP contribution is -2.44. The van der Waals surface area contributed by atoms with Gasteiger partial charge in [-0.25, -0.2) is 0 Å². The van der Waals surface area contributed by atoms with Crippen molar-refractivity contribution in [3.05, 3.63) is 46.0 Å². The molecular weight excluding hydrogens is 344 g/mol. The van der Waals surface area contributed by atoms with E-state index in [2.05, 4.69) is 34.9 Å². The maximum absolute atomic E-state index is 5.60. The third kappa shape index (κ3) is 3.91. The SMILES string of the molecule is COC[C@H]1CN(Cc2ccco2)CC12CCN(Cc1ccc(C)s1)CC2. The van der Waals surface area contributed by atoms with Crippen LogP contribution in [0.25, 0.3) is 0 Å². The summed E-state index contributed by atoms with van der Waals surface area (Å²) in [6.07, 6.45) is 4.33. The lowest BCUT2D eigenvalue weighted by molar-refractivity contribution is 0.0352. The monoisotopic (exact) mass is 374 g/mol. The molecule has 2 aromatic heterocycles. The number of ether oxygens (including phenoxy) is 1. The Hall–Kier alpha value is -1.14. The van der Waals surface area contributed by atoms with Gasteiger partial charge in [0.25, 0.3) is 0 Å². The fourth-order valence-corrected chi connectivity index (χ4v) is 5.76. The lowest BCUT2D eigenvalue weighted by atomic mass is 9.71. The van der Waals surface area contributed by atoms with Crippen LogP contribution in [-0.4, -0.2) is 49.7 Å².